The zero-order valence-corrected chi connectivity index (χ0v) is 11.8. The van der Waals surface area contributed by atoms with Gasteiger partial charge in [-0.25, -0.2) is 0 Å². The molecule has 1 aromatic rings. The Hall–Kier alpha value is -0.540. The lowest BCUT2D eigenvalue weighted by Crippen LogP contribution is -2.37. The molecule has 2 nitrogen and oxygen atoms in total. The Labute approximate surface area is 110 Å². The van der Waals surface area contributed by atoms with Crippen LogP contribution in [0.25, 0.3) is 0 Å². The fraction of sp³-hybridized carbons (Fsp3) is 0.417. The largest absolute Gasteiger partial charge is 0.335 e. The third-order valence-electron chi connectivity index (χ3n) is 2.30. The lowest BCUT2D eigenvalue weighted by molar-refractivity contribution is -0.130. The molecule has 0 saturated heterocycles. The van der Waals surface area contributed by atoms with Crippen LogP contribution < -0.4 is 0 Å². The van der Waals surface area contributed by atoms with Gasteiger partial charge >= 0.3 is 0 Å². The van der Waals surface area contributed by atoms with Gasteiger partial charge in [-0.2, -0.15) is 0 Å². The van der Waals surface area contributed by atoms with Crippen molar-refractivity contribution in [2.75, 3.05) is 5.88 Å². The third-order valence-corrected chi connectivity index (χ3v) is 3.02. The minimum absolute atomic E-state index is 0.0309. The van der Waals surface area contributed by atoms with E-state index in [1.165, 1.54) is 0 Å². The molecule has 0 aliphatic heterocycles. The summed E-state index contributed by atoms with van der Waals surface area (Å²) in [7, 11) is 0. The highest BCUT2D eigenvalue weighted by Crippen LogP contribution is 2.15. The van der Waals surface area contributed by atoms with Gasteiger partial charge in [-0.05, 0) is 31.5 Å². The SMILES string of the molecule is CC(C)N(Cc1cccc(Br)c1)C(=O)CCl. The highest BCUT2D eigenvalue weighted by molar-refractivity contribution is 9.10. The quantitative estimate of drug-likeness (QED) is 0.781. The van der Waals surface area contributed by atoms with Crippen LogP contribution in [0.5, 0.6) is 0 Å². The van der Waals surface area contributed by atoms with Crippen LogP contribution in [0.4, 0.5) is 0 Å². The summed E-state index contributed by atoms with van der Waals surface area (Å²) >= 11 is 9.00. The van der Waals surface area contributed by atoms with Crippen molar-refractivity contribution in [3.05, 3.63) is 34.3 Å². The fourth-order valence-electron chi connectivity index (χ4n) is 1.47. The zero-order chi connectivity index (χ0) is 12.1. The van der Waals surface area contributed by atoms with E-state index in [1.54, 1.807) is 4.90 Å². The maximum Gasteiger partial charge on any atom is 0.238 e. The molecule has 1 aromatic carbocycles. The molecule has 0 N–H and O–H groups in total. The maximum absolute atomic E-state index is 11.6. The topological polar surface area (TPSA) is 20.3 Å². The van der Waals surface area contributed by atoms with Crippen LogP contribution in [-0.2, 0) is 11.3 Å². The summed E-state index contributed by atoms with van der Waals surface area (Å²) < 4.78 is 1.02. The third kappa shape index (κ3) is 3.80. The predicted octanol–water partition coefficient (Wildman–Crippen LogP) is 3.42. The molecular weight excluding hydrogens is 289 g/mol. The van der Waals surface area contributed by atoms with E-state index in [0.717, 1.165) is 10.0 Å². The van der Waals surface area contributed by atoms with Crippen molar-refractivity contribution in [3.8, 4) is 0 Å². The Bertz CT molecular complexity index is 368. The first-order valence-corrected chi connectivity index (χ1v) is 6.47. The Morgan fingerprint density at radius 2 is 2.19 bits per heavy atom. The van der Waals surface area contributed by atoms with E-state index < -0.39 is 0 Å². The second kappa shape index (κ2) is 6.26. The lowest BCUT2D eigenvalue weighted by Gasteiger charge is -2.26. The molecule has 0 heterocycles. The number of alkyl halides is 1. The molecule has 0 radical (unpaired) electrons. The monoisotopic (exact) mass is 303 g/mol. The van der Waals surface area contributed by atoms with Crippen molar-refractivity contribution < 1.29 is 4.79 Å². The number of benzene rings is 1. The highest BCUT2D eigenvalue weighted by Gasteiger charge is 2.15. The summed E-state index contributed by atoms with van der Waals surface area (Å²) in [5, 5.41) is 0. The average molecular weight is 305 g/mol. The lowest BCUT2D eigenvalue weighted by atomic mass is 10.2. The number of hydrogen-bond donors (Lipinski definition) is 0. The van der Waals surface area contributed by atoms with E-state index in [2.05, 4.69) is 15.9 Å². The first kappa shape index (κ1) is 13.5. The van der Waals surface area contributed by atoms with Crippen LogP contribution in [0, 0.1) is 0 Å². The molecule has 0 aliphatic carbocycles. The first-order valence-electron chi connectivity index (χ1n) is 5.14. The van der Waals surface area contributed by atoms with Crippen LogP contribution in [-0.4, -0.2) is 22.7 Å². The molecular formula is C12H15BrClNO. The average Bonchev–Trinajstić information content (AvgIpc) is 2.24. The molecule has 0 spiro atoms. The van der Waals surface area contributed by atoms with E-state index in [1.807, 2.05) is 38.1 Å². The van der Waals surface area contributed by atoms with Crippen molar-refractivity contribution in [2.45, 2.75) is 26.4 Å². The molecule has 0 fully saturated rings. The zero-order valence-electron chi connectivity index (χ0n) is 9.41. The Kier molecular flexibility index (Phi) is 5.29. The molecule has 16 heavy (non-hydrogen) atoms. The number of carbonyl (C=O) groups is 1. The molecule has 88 valence electrons. The predicted molar refractivity (Wildman–Crippen MR) is 70.5 cm³/mol. The van der Waals surface area contributed by atoms with E-state index in [-0.39, 0.29) is 17.8 Å². The van der Waals surface area contributed by atoms with Gasteiger partial charge in [0, 0.05) is 17.1 Å². The van der Waals surface area contributed by atoms with E-state index in [9.17, 15) is 4.79 Å². The van der Waals surface area contributed by atoms with Gasteiger partial charge in [0.05, 0.1) is 0 Å². The summed E-state index contributed by atoms with van der Waals surface area (Å²) in [5.74, 6) is 0.00303. The maximum atomic E-state index is 11.6. The number of rotatable bonds is 4. The van der Waals surface area contributed by atoms with Gasteiger partial charge in [-0.15, -0.1) is 11.6 Å². The van der Waals surface area contributed by atoms with Crippen molar-refractivity contribution in [1.29, 1.82) is 0 Å². The van der Waals surface area contributed by atoms with Crippen LogP contribution in [0.15, 0.2) is 28.7 Å². The smallest absolute Gasteiger partial charge is 0.238 e. The molecule has 1 rings (SSSR count). The molecule has 4 heteroatoms. The van der Waals surface area contributed by atoms with Crippen LogP contribution in [0.1, 0.15) is 19.4 Å². The molecule has 0 bridgehead atoms. The number of halogens is 2. The van der Waals surface area contributed by atoms with Crippen molar-refractivity contribution in [1.82, 2.24) is 4.90 Å². The standard InChI is InChI=1S/C12H15BrClNO/c1-9(2)15(12(16)7-14)8-10-4-3-5-11(13)6-10/h3-6,9H,7-8H2,1-2H3. The van der Waals surface area contributed by atoms with Crippen LogP contribution in [0.2, 0.25) is 0 Å². The number of carbonyl (C=O) groups excluding carboxylic acids is 1. The molecule has 0 atom stereocenters. The summed E-state index contributed by atoms with van der Waals surface area (Å²) in [4.78, 5) is 13.4. The molecule has 0 aromatic heterocycles. The highest BCUT2D eigenvalue weighted by atomic mass is 79.9. The van der Waals surface area contributed by atoms with Crippen LogP contribution in [0.3, 0.4) is 0 Å². The van der Waals surface area contributed by atoms with Gasteiger partial charge in [0.1, 0.15) is 5.88 Å². The van der Waals surface area contributed by atoms with Gasteiger partial charge in [-0.3, -0.25) is 4.79 Å². The van der Waals surface area contributed by atoms with E-state index >= 15 is 0 Å². The summed E-state index contributed by atoms with van der Waals surface area (Å²) in [5.41, 5.74) is 1.10. The summed E-state index contributed by atoms with van der Waals surface area (Å²) in [6.07, 6.45) is 0. The number of hydrogen-bond acceptors (Lipinski definition) is 1. The van der Waals surface area contributed by atoms with E-state index in [4.69, 9.17) is 11.6 Å². The second-order valence-corrected chi connectivity index (χ2v) is 5.06. The summed E-state index contributed by atoms with van der Waals surface area (Å²) in [6, 6.07) is 8.10. The molecule has 1 amide bonds. The fourth-order valence-corrected chi connectivity index (χ4v) is 2.07. The molecule has 0 aliphatic rings. The minimum atomic E-state index is -0.0309. The van der Waals surface area contributed by atoms with Crippen molar-refractivity contribution >= 4 is 33.4 Å². The Morgan fingerprint density at radius 1 is 1.50 bits per heavy atom. The van der Waals surface area contributed by atoms with Crippen molar-refractivity contribution in [3.63, 3.8) is 0 Å². The first-order chi connectivity index (χ1) is 7.54. The molecule has 0 saturated carbocycles. The Morgan fingerprint density at radius 3 is 2.69 bits per heavy atom. The number of nitrogens with zero attached hydrogens (tertiary/aromatic N) is 1. The van der Waals surface area contributed by atoms with Gasteiger partial charge in [0.2, 0.25) is 5.91 Å². The van der Waals surface area contributed by atoms with Crippen molar-refractivity contribution in [2.24, 2.45) is 0 Å². The normalized spacial score (nSPS) is 10.6. The van der Waals surface area contributed by atoms with Gasteiger partial charge < -0.3 is 4.90 Å². The van der Waals surface area contributed by atoms with Gasteiger partial charge in [0.25, 0.3) is 0 Å². The Balaban J connectivity index is 2.79. The van der Waals surface area contributed by atoms with Gasteiger partial charge in [-0.1, -0.05) is 28.1 Å². The minimum Gasteiger partial charge on any atom is -0.335 e. The van der Waals surface area contributed by atoms with Crippen LogP contribution >= 0.6 is 27.5 Å². The molecule has 0 unspecified atom stereocenters. The second-order valence-electron chi connectivity index (χ2n) is 3.88. The number of amides is 1. The van der Waals surface area contributed by atoms with E-state index in [0.29, 0.717) is 6.54 Å². The summed E-state index contributed by atoms with van der Waals surface area (Å²) in [6.45, 7) is 4.58. The van der Waals surface area contributed by atoms with Gasteiger partial charge in [0.15, 0.2) is 0 Å².